The number of carboxylic acid groups (broad SMARTS) is 2. The van der Waals surface area contributed by atoms with Crippen molar-refractivity contribution in [2.24, 2.45) is 0 Å². The minimum Gasteiger partial charge on any atom is -0.481 e. The van der Waals surface area contributed by atoms with Gasteiger partial charge in [-0.2, -0.15) is 0 Å². The Morgan fingerprint density at radius 3 is 2.13 bits per heavy atom. The van der Waals surface area contributed by atoms with Crippen LogP contribution in [0.3, 0.4) is 0 Å². The Morgan fingerprint density at radius 2 is 1.63 bits per heavy atom. The average molecular weight is 420 g/mol. The number of anilines is 1. The molecule has 1 atom stereocenters. The molecular formula is C19H20N2O9. The number of amides is 1. The summed E-state index contributed by atoms with van der Waals surface area (Å²) in [5.74, 6) is -6.25. The lowest BCUT2D eigenvalue weighted by Gasteiger charge is -2.29. The summed E-state index contributed by atoms with van der Waals surface area (Å²) in [5, 5.41) is 22.7. The SMILES string of the molecule is CC1(C)OC(=O)C(=CNc2ccc(C(=O)NC(CCC(=O)O)C(=O)O)cc2)C(=O)O1. The Balaban J connectivity index is 2.01. The van der Waals surface area contributed by atoms with Crippen molar-refractivity contribution in [2.75, 3.05) is 5.32 Å². The van der Waals surface area contributed by atoms with Gasteiger partial charge in [0.15, 0.2) is 5.57 Å². The topological polar surface area (TPSA) is 168 Å². The molecule has 1 amide bonds. The zero-order valence-electron chi connectivity index (χ0n) is 16.1. The molecule has 0 radical (unpaired) electrons. The molecule has 0 spiro atoms. The van der Waals surface area contributed by atoms with Crippen molar-refractivity contribution in [1.29, 1.82) is 0 Å². The van der Waals surface area contributed by atoms with Gasteiger partial charge in [0, 0.05) is 37.7 Å². The first-order valence-electron chi connectivity index (χ1n) is 8.77. The van der Waals surface area contributed by atoms with E-state index in [1.807, 2.05) is 0 Å². The lowest BCUT2D eigenvalue weighted by Crippen LogP contribution is -2.42. The molecule has 0 saturated carbocycles. The molecule has 1 aromatic rings. The second-order valence-corrected chi connectivity index (χ2v) is 6.76. The Bertz CT molecular complexity index is 881. The van der Waals surface area contributed by atoms with E-state index in [4.69, 9.17) is 19.7 Å². The van der Waals surface area contributed by atoms with Crippen LogP contribution in [0.15, 0.2) is 36.0 Å². The summed E-state index contributed by atoms with van der Waals surface area (Å²) in [7, 11) is 0. The molecule has 1 heterocycles. The molecule has 1 saturated heterocycles. The Kier molecular flexibility index (Phi) is 6.77. The fraction of sp³-hybridized carbons (Fsp3) is 0.316. The maximum atomic E-state index is 12.2. The van der Waals surface area contributed by atoms with Gasteiger partial charge in [-0.1, -0.05) is 0 Å². The van der Waals surface area contributed by atoms with Crippen molar-refractivity contribution in [1.82, 2.24) is 5.32 Å². The standard InChI is InChI=1S/C19H20N2O9/c1-19(2)29-17(27)12(18(28)30-19)9-20-11-5-3-10(4-6-11)15(24)21-13(16(25)26)7-8-14(22)23/h3-6,9,13,20H,7-8H2,1-2H3,(H,21,24)(H,22,23)(H,25,26). The molecule has 1 unspecified atom stereocenters. The number of aliphatic carboxylic acids is 2. The summed E-state index contributed by atoms with van der Waals surface area (Å²) in [6.45, 7) is 2.85. The first-order chi connectivity index (χ1) is 14.0. The van der Waals surface area contributed by atoms with E-state index < -0.39 is 48.0 Å². The van der Waals surface area contributed by atoms with Gasteiger partial charge in [-0.25, -0.2) is 14.4 Å². The van der Waals surface area contributed by atoms with Crippen molar-refractivity contribution in [2.45, 2.75) is 38.5 Å². The van der Waals surface area contributed by atoms with E-state index in [0.29, 0.717) is 5.69 Å². The summed E-state index contributed by atoms with van der Waals surface area (Å²) >= 11 is 0. The number of rotatable bonds is 8. The fourth-order valence-corrected chi connectivity index (χ4v) is 2.42. The number of ether oxygens (including phenoxy) is 2. The van der Waals surface area contributed by atoms with E-state index >= 15 is 0 Å². The number of cyclic esters (lactones) is 2. The van der Waals surface area contributed by atoms with Crippen LogP contribution in [0.1, 0.15) is 37.0 Å². The highest BCUT2D eigenvalue weighted by molar-refractivity contribution is 6.15. The van der Waals surface area contributed by atoms with Gasteiger partial charge in [0.05, 0.1) is 0 Å². The molecule has 2 rings (SSSR count). The molecule has 0 aromatic heterocycles. The second-order valence-electron chi connectivity index (χ2n) is 6.76. The number of esters is 2. The molecule has 4 N–H and O–H groups in total. The molecule has 1 aliphatic rings. The normalized spacial score (nSPS) is 16.0. The Hall–Kier alpha value is -3.89. The van der Waals surface area contributed by atoms with Crippen LogP contribution >= 0.6 is 0 Å². The molecule has 11 nitrogen and oxygen atoms in total. The molecule has 0 aliphatic carbocycles. The summed E-state index contributed by atoms with van der Waals surface area (Å²) < 4.78 is 9.92. The highest BCUT2D eigenvalue weighted by Crippen LogP contribution is 2.22. The predicted molar refractivity (Wildman–Crippen MR) is 100 cm³/mol. The number of hydrogen-bond donors (Lipinski definition) is 4. The maximum absolute atomic E-state index is 12.2. The number of nitrogens with one attached hydrogen (secondary N) is 2. The van der Waals surface area contributed by atoms with Crippen LogP contribution in [0.5, 0.6) is 0 Å². The smallest absolute Gasteiger partial charge is 0.350 e. The molecule has 1 fully saturated rings. The van der Waals surface area contributed by atoms with E-state index in [9.17, 15) is 24.0 Å². The van der Waals surface area contributed by atoms with Crippen molar-refractivity contribution in [3.05, 3.63) is 41.6 Å². The number of carboxylic acids is 2. The van der Waals surface area contributed by atoms with Crippen LogP contribution in [0.4, 0.5) is 5.69 Å². The summed E-state index contributed by atoms with van der Waals surface area (Å²) in [5.41, 5.74) is 0.219. The first-order valence-corrected chi connectivity index (χ1v) is 8.77. The maximum Gasteiger partial charge on any atom is 0.350 e. The Labute approximate surface area is 170 Å². The lowest BCUT2D eigenvalue weighted by atomic mass is 10.1. The summed E-state index contributed by atoms with van der Waals surface area (Å²) in [4.78, 5) is 57.7. The lowest BCUT2D eigenvalue weighted by molar-refractivity contribution is -0.222. The van der Waals surface area contributed by atoms with Crippen LogP contribution in [0, 0.1) is 0 Å². The number of benzene rings is 1. The quantitative estimate of drug-likeness (QED) is 0.269. The Morgan fingerprint density at radius 1 is 1.07 bits per heavy atom. The monoisotopic (exact) mass is 420 g/mol. The third kappa shape index (κ3) is 6.06. The minimum absolute atomic E-state index is 0.132. The summed E-state index contributed by atoms with van der Waals surface area (Å²) in [6.07, 6.45) is 0.449. The van der Waals surface area contributed by atoms with Gasteiger partial charge in [-0.3, -0.25) is 9.59 Å². The van der Waals surface area contributed by atoms with Gasteiger partial charge in [-0.05, 0) is 30.7 Å². The highest BCUT2D eigenvalue weighted by atomic mass is 16.7. The average Bonchev–Trinajstić information content (AvgIpc) is 2.63. The molecule has 1 aliphatic heterocycles. The van der Waals surface area contributed by atoms with E-state index in [0.717, 1.165) is 6.20 Å². The van der Waals surface area contributed by atoms with Gasteiger partial charge < -0.3 is 30.3 Å². The van der Waals surface area contributed by atoms with Gasteiger partial charge in [0.2, 0.25) is 0 Å². The van der Waals surface area contributed by atoms with E-state index in [1.54, 1.807) is 0 Å². The number of carbonyl (C=O) groups excluding carboxylic acids is 3. The third-order valence-electron chi connectivity index (χ3n) is 3.90. The third-order valence-corrected chi connectivity index (χ3v) is 3.90. The van der Waals surface area contributed by atoms with Gasteiger partial charge >= 0.3 is 23.9 Å². The predicted octanol–water partition coefficient (Wildman–Crippen LogP) is 0.866. The van der Waals surface area contributed by atoms with Crippen LogP contribution in [0.2, 0.25) is 0 Å². The van der Waals surface area contributed by atoms with Crippen molar-refractivity contribution in [3.8, 4) is 0 Å². The van der Waals surface area contributed by atoms with Crippen LogP contribution in [-0.2, 0) is 28.7 Å². The first kappa shape index (κ1) is 22.4. The molecule has 11 heteroatoms. The number of hydrogen-bond acceptors (Lipinski definition) is 8. The number of carbonyl (C=O) groups is 5. The van der Waals surface area contributed by atoms with E-state index in [2.05, 4.69) is 10.6 Å². The largest absolute Gasteiger partial charge is 0.481 e. The van der Waals surface area contributed by atoms with Crippen LogP contribution < -0.4 is 10.6 Å². The molecule has 0 bridgehead atoms. The zero-order valence-corrected chi connectivity index (χ0v) is 16.1. The summed E-state index contributed by atoms with van der Waals surface area (Å²) in [6, 6.07) is 4.34. The minimum atomic E-state index is -1.35. The van der Waals surface area contributed by atoms with Crippen molar-refractivity contribution < 1.29 is 43.7 Å². The van der Waals surface area contributed by atoms with Crippen LogP contribution in [0.25, 0.3) is 0 Å². The fourth-order valence-electron chi connectivity index (χ4n) is 2.42. The van der Waals surface area contributed by atoms with E-state index in [-0.39, 0.29) is 17.6 Å². The molecule has 30 heavy (non-hydrogen) atoms. The van der Waals surface area contributed by atoms with Gasteiger partial charge in [-0.15, -0.1) is 0 Å². The van der Waals surface area contributed by atoms with Crippen molar-refractivity contribution >= 4 is 35.5 Å². The van der Waals surface area contributed by atoms with Crippen molar-refractivity contribution in [3.63, 3.8) is 0 Å². The molecule has 160 valence electrons. The van der Waals surface area contributed by atoms with E-state index in [1.165, 1.54) is 38.1 Å². The molecule has 1 aromatic carbocycles. The van der Waals surface area contributed by atoms with Gasteiger partial charge in [0.25, 0.3) is 11.7 Å². The zero-order chi connectivity index (χ0) is 22.5. The second kappa shape index (κ2) is 9.07. The van der Waals surface area contributed by atoms with Crippen LogP contribution in [-0.4, -0.2) is 51.8 Å². The highest BCUT2D eigenvalue weighted by Gasteiger charge is 2.38. The van der Waals surface area contributed by atoms with Gasteiger partial charge in [0.1, 0.15) is 6.04 Å². The molecular weight excluding hydrogens is 400 g/mol.